The third-order valence-corrected chi connectivity index (χ3v) is 8.00. The molecule has 0 N–H and O–H groups in total. The van der Waals surface area contributed by atoms with Crippen LogP contribution in [-0.4, -0.2) is 18.9 Å². The van der Waals surface area contributed by atoms with Crippen LogP contribution in [0.1, 0.15) is 17.0 Å². The average molecular weight is 382 g/mol. The number of hydrogen-bond donors (Lipinski definition) is 0. The molecule has 0 bridgehead atoms. The van der Waals surface area contributed by atoms with Gasteiger partial charge < -0.3 is 4.74 Å². The summed E-state index contributed by atoms with van der Waals surface area (Å²) in [5.74, 6) is -1.26. The highest BCUT2D eigenvalue weighted by Crippen LogP contribution is 2.52. The standard InChI is InChI=1S/C21H19O3PS/c1-24-21(23)18(22)15-19(20-13-8-14-26-20)25(16-9-4-2-5-10-16)17-11-6-3-7-12-17/h2-14,19H,15H2,1H3/t19-/m0/s1. The van der Waals surface area contributed by atoms with E-state index < -0.39 is 19.7 Å². The summed E-state index contributed by atoms with van der Waals surface area (Å²) in [6.45, 7) is 0. The molecule has 3 rings (SSSR count). The van der Waals surface area contributed by atoms with Gasteiger partial charge in [-0.3, -0.25) is 4.79 Å². The van der Waals surface area contributed by atoms with Crippen molar-refractivity contribution in [3.8, 4) is 0 Å². The van der Waals surface area contributed by atoms with E-state index >= 15 is 0 Å². The van der Waals surface area contributed by atoms with Crippen molar-refractivity contribution in [1.29, 1.82) is 0 Å². The smallest absolute Gasteiger partial charge is 0.374 e. The maximum Gasteiger partial charge on any atom is 0.374 e. The van der Waals surface area contributed by atoms with Crippen LogP contribution in [0.2, 0.25) is 0 Å². The molecule has 0 unspecified atom stereocenters. The molecule has 1 aromatic heterocycles. The number of hydrogen-bond acceptors (Lipinski definition) is 4. The summed E-state index contributed by atoms with van der Waals surface area (Å²) in [6, 6.07) is 24.5. The topological polar surface area (TPSA) is 43.4 Å². The molecule has 3 aromatic rings. The van der Waals surface area contributed by atoms with E-state index in [0.29, 0.717) is 0 Å². The quantitative estimate of drug-likeness (QED) is 0.352. The molecule has 0 fully saturated rings. The first-order valence-corrected chi connectivity index (χ1v) is 10.5. The molecule has 0 aliphatic rings. The van der Waals surface area contributed by atoms with Gasteiger partial charge in [0, 0.05) is 17.0 Å². The number of rotatable bonds is 7. The molecule has 0 aliphatic heterocycles. The minimum Gasteiger partial charge on any atom is -0.463 e. The summed E-state index contributed by atoms with van der Waals surface area (Å²) in [6.07, 6.45) is 0.142. The summed E-state index contributed by atoms with van der Waals surface area (Å²) < 4.78 is 4.64. The van der Waals surface area contributed by atoms with Crippen LogP contribution < -0.4 is 10.6 Å². The third-order valence-electron chi connectivity index (χ3n) is 4.04. The summed E-state index contributed by atoms with van der Waals surface area (Å²) in [7, 11) is 0.402. The van der Waals surface area contributed by atoms with Gasteiger partial charge in [-0.05, 0) is 30.0 Å². The number of benzene rings is 2. The normalized spacial score (nSPS) is 11.9. The lowest BCUT2D eigenvalue weighted by molar-refractivity contribution is -0.151. The lowest BCUT2D eigenvalue weighted by Crippen LogP contribution is -2.22. The number of carbonyl (C=O) groups is 2. The van der Waals surface area contributed by atoms with Crippen LogP contribution in [0.15, 0.2) is 78.2 Å². The zero-order valence-corrected chi connectivity index (χ0v) is 16.1. The van der Waals surface area contributed by atoms with Gasteiger partial charge in [-0.15, -0.1) is 11.3 Å². The van der Waals surface area contributed by atoms with Crippen molar-refractivity contribution in [2.75, 3.05) is 7.11 Å². The highest BCUT2D eigenvalue weighted by atomic mass is 32.1. The minimum atomic E-state index is -0.845. The Hall–Kier alpha value is -2.29. The lowest BCUT2D eigenvalue weighted by atomic mass is 10.2. The zero-order chi connectivity index (χ0) is 18.4. The van der Waals surface area contributed by atoms with Gasteiger partial charge in [-0.2, -0.15) is 0 Å². The van der Waals surface area contributed by atoms with Crippen LogP contribution in [0.5, 0.6) is 0 Å². The number of esters is 1. The molecule has 2 aromatic carbocycles. The van der Waals surface area contributed by atoms with Crippen molar-refractivity contribution < 1.29 is 14.3 Å². The number of Topliss-reactive ketones (excluding diaryl/α,β-unsaturated/α-hetero) is 1. The van der Waals surface area contributed by atoms with Gasteiger partial charge in [0.05, 0.1) is 7.11 Å². The molecule has 0 saturated carbocycles. The van der Waals surface area contributed by atoms with Crippen LogP contribution in [0.25, 0.3) is 0 Å². The van der Waals surface area contributed by atoms with E-state index in [9.17, 15) is 9.59 Å². The fourth-order valence-corrected chi connectivity index (χ4v) is 6.76. The monoisotopic (exact) mass is 382 g/mol. The molecule has 0 radical (unpaired) electrons. The Morgan fingerprint density at radius 3 is 1.96 bits per heavy atom. The van der Waals surface area contributed by atoms with Crippen LogP contribution in [0.4, 0.5) is 0 Å². The first-order chi connectivity index (χ1) is 12.7. The Morgan fingerprint density at radius 2 is 1.50 bits per heavy atom. The first-order valence-electron chi connectivity index (χ1n) is 8.24. The molecule has 5 heteroatoms. The average Bonchev–Trinajstić information content (AvgIpc) is 3.23. The van der Waals surface area contributed by atoms with Gasteiger partial charge in [0.2, 0.25) is 5.78 Å². The number of ketones is 1. The molecule has 0 spiro atoms. The van der Waals surface area contributed by atoms with Crippen molar-refractivity contribution in [1.82, 2.24) is 0 Å². The zero-order valence-electron chi connectivity index (χ0n) is 14.4. The summed E-state index contributed by atoms with van der Waals surface area (Å²) in [4.78, 5) is 25.3. The summed E-state index contributed by atoms with van der Waals surface area (Å²) >= 11 is 1.62. The Labute approximate surface area is 158 Å². The van der Waals surface area contributed by atoms with E-state index in [1.165, 1.54) is 17.7 Å². The van der Waals surface area contributed by atoms with Crippen molar-refractivity contribution in [3.05, 3.63) is 83.1 Å². The molecular weight excluding hydrogens is 363 g/mol. The van der Waals surface area contributed by atoms with E-state index in [0.717, 1.165) is 4.88 Å². The highest BCUT2D eigenvalue weighted by molar-refractivity contribution is 7.73. The third kappa shape index (κ3) is 4.27. The van der Waals surface area contributed by atoms with Gasteiger partial charge in [0.25, 0.3) is 0 Å². The molecule has 3 nitrogen and oxygen atoms in total. The summed E-state index contributed by atoms with van der Waals surface area (Å²) in [5.41, 5.74) is -0.0681. The Morgan fingerprint density at radius 1 is 0.923 bits per heavy atom. The SMILES string of the molecule is COC(=O)C(=O)C[C@@H](c1cccs1)P(c1ccccc1)c1ccccc1. The maximum absolute atomic E-state index is 12.4. The number of methoxy groups -OCH3 is 1. The van der Waals surface area contributed by atoms with Crippen molar-refractivity contribution in [2.45, 2.75) is 12.1 Å². The van der Waals surface area contributed by atoms with Crippen molar-refractivity contribution >= 4 is 41.6 Å². The van der Waals surface area contributed by atoms with E-state index in [4.69, 9.17) is 0 Å². The molecule has 132 valence electrons. The number of carbonyl (C=O) groups excluding carboxylic acids is 2. The fourth-order valence-electron chi connectivity index (χ4n) is 2.86. The predicted octanol–water partition coefficient (Wildman–Crippen LogP) is 4.05. The minimum absolute atomic E-state index is 0.0681. The Kier molecular flexibility index (Phi) is 6.32. The number of thiophene rings is 1. The van der Waals surface area contributed by atoms with Gasteiger partial charge in [0.15, 0.2) is 0 Å². The van der Waals surface area contributed by atoms with Crippen molar-refractivity contribution in [2.24, 2.45) is 0 Å². The highest BCUT2D eigenvalue weighted by Gasteiger charge is 2.31. The fraction of sp³-hybridized carbons (Fsp3) is 0.143. The van der Waals surface area contributed by atoms with Gasteiger partial charge in [-0.25, -0.2) is 4.79 Å². The van der Waals surface area contributed by atoms with Crippen LogP contribution in [-0.2, 0) is 14.3 Å². The molecule has 0 aliphatic carbocycles. The van der Waals surface area contributed by atoms with E-state index in [-0.39, 0.29) is 12.1 Å². The molecule has 1 atom stereocenters. The lowest BCUT2D eigenvalue weighted by Gasteiger charge is -2.27. The van der Waals surface area contributed by atoms with Crippen LogP contribution >= 0.6 is 19.3 Å². The number of ether oxygens (including phenoxy) is 1. The molecule has 0 saturated heterocycles. The summed E-state index contributed by atoms with van der Waals surface area (Å²) in [5, 5.41) is 4.38. The second-order valence-electron chi connectivity index (χ2n) is 5.69. The molecule has 0 amide bonds. The van der Waals surface area contributed by atoms with Crippen LogP contribution in [0, 0.1) is 0 Å². The first kappa shape index (κ1) is 18.5. The largest absolute Gasteiger partial charge is 0.463 e. The van der Waals surface area contributed by atoms with E-state index in [2.05, 4.69) is 29.0 Å². The van der Waals surface area contributed by atoms with Crippen molar-refractivity contribution in [3.63, 3.8) is 0 Å². The molecule has 1 heterocycles. The Bertz CT molecular complexity index is 808. The second-order valence-corrected chi connectivity index (χ2v) is 9.07. The predicted molar refractivity (Wildman–Crippen MR) is 108 cm³/mol. The molecular formula is C21H19O3PS. The molecule has 26 heavy (non-hydrogen) atoms. The second kappa shape index (κ2) is 8.88. The van der Waals surface area contributed by atoms with Crippen LogP contribution in [0.3, 0.4) is 0 Å². The van der Waals surface area contributed by atoms with E-state index in [1.807, 2.05) is 53.9 Å². The Balaban J connectivity index is 2.07. The maximum atomic E-state index is 12.4. The van der Waals surface area contributed by atoms with E-state index in [1.54, 1.807) is 11.3 Å². The van der Waals surface area contributed by atoms with Gasteiger partial charge >= 0.3 is 5.97 Å². The van der Waals surface area contributed by atoms with Gasteiger partial charge in [0.1, 0.15) is 0 Å². The van der Waals surface area contributed by atoms with Gasteiger partial charge in [-0.1, -0.05) is 66.7 Å².